The van der Waals surface area contributed by atoms with Gasteiger partial charge in [0.1, 0.15) is 5.69 Å². The number of hydrogen-bond donors (Lipinski definition) is 3. The van der Waals surface area contributed by atoms with Crippen molar-refractivity contribution in [1.82, 2.24) is 15.3 Å². The molecule has 2 heterocycles. The monoisotopic (exact) mass is 291 g/mol. The summed E-state index contributed by atoms with van der Waals surface area (Å²) in [5.41, 5.74) is 8.52. The number of rotatable bonds is 4. The molecule has 1 aromatic rings. The van der Waals surface area contributed by atoms with Crippen LogP contribution in [-0.2, 0) is 11.3 Å². The number of nitrogens with one attached hydrogen (secondary N) is 1. The van der Waals surface area contributed by atoms with E-state index < -0.39 is 5.91 Å². The van der Waals surface area contributed by atoms with Crippen LogP contribution in [0.3, 0.4) is 0 Å². The Morgan fingerprint density at radius 3 is 2.86 bits per heavy atom. The molecule has 114 valence electrons. The van der Waals surface area contributed by atoms with Gasteiger partial charge in [-0.15, -0.1) is 0 Å². The van der Waals surface area contributed by atoms with Gasteiger partial charge in [0.05, 0.1) is 11.6 Å². The van der Waals surface area contributed by atoms with Crippen molar-refractivity contribution in [2.24, 2.45) is 17.5 Å². The van der Waals surface area contributed by atoms with Crippen molar-refractivity contribution in [3.63, 3.8) is 0 Å². The first kappa shape index (κ1) is 15.4. The van der Waals surface area contributed by atoms with Gasteiger partial charge in [0.15, 0.2) is 0 Å². The predicted molar refractivity (Wildman–Crippen MR) is 77.7 cm³/mol. The summed E-state index contributed by atoms with van der Waals surface area (Å²) in [7, 11) is 0. The second-order valence-corrected chi connectivity index (χ2v) is 5.44. The van der Waals surface area contributed by atoms with Crippen LogP contribution >= 0.6 is 0 Å². The van der Waals surface area contributed by atoms with Gasteiger partial charge in [-0.05, 0) is 31.9 Å². The molecule has 1 aliphatic heterocycles. The first-order chi connectivity index (χ1) is 10.0. The number of hydrogen-bond acceptors (Lipinski definition) is 5. The van der Waals surface area contributed by atoms with Crippen LogP contribution in [0.5, 0.6) is 0 Å². The number of nitrogens with zero attached hydrogens (tertiary/aromatic N) is 2. The smallest absolute Gasteiger partial charge is 0.283 e. The minimum absolute atomic E-state index is 0.114. The van der Waals surface area contributed by atoms with E-state index in [1.54, 1.807) is 12.1 Å². The highest BCUT2D eigenvalue weighted by molar-refractivity contribution is 5.91. The maximum Gasteiger partial charge on any atom is 0.283 e. The summed E-state index contributed by atoms with van der Waals surface area (Å²) in [6.45, 7) is 3.33. The molecule has 0 spiro atoms. The molecule has 2 amide bonds. The standard InChI is InChI=1S/C14H21N5O2/c1-9-5-6-10(13(15)20)7-19(9)8-11-3-2-4-12(17-11)14(21)18-16/h2-4,9-10H,5-8,16H2,1H3,(H2,15,20)(H,18,21). The van der Waals surface area contributed by atoms with Crippen molar-refractivity contribution < 1.29 is 9.59 Å². The Hall–Kier alpha value is -1.99. The summed E-state index contributed by atoms with van der Waals surface area (Å²) in [5.74, 6) is 4.32. The fourth-order valence-corrected chi connectivity index (χ4v) is 2.61. The van der Waals surface area contributed by atoms with E-state index in [2.05, 4.69) is 22.2 Å². The molecular weight excluding hydrogens is 270 g/mol. The number of nitrogens with two attached hydrogens (primary N) is 2. The zero-order valence-corrected chi connectivity index (χ0v) is 12.1. The van der Waals surface area contributed by atoms with Gasteiger partial charge in [0.25, 0.3) is 5.91 Å². The van der Waals surface area contributed by atoms with E-state index >= 15 is 0 Å². The van der Waals surface area contributed by atoms with E-state index in [0.29, 0.717) is 19.1 Å². The number of primary amides is 1. The third-order valence-electron chi connectivity index (χ3n) is 3.95. The maximum absolute atomic E-state index is 11.5. The average molecular weight is 291 g/mol. The first-order valence-corrected chi connectivity index (χ1v) is 7.01. The summed E-state index contributed by atoms with van der Waals surface area (Å²) < 4.78 is 0. The van der Waals surface area contributed by atoms with Crippen molar-refractivity contribution in [2.45, 2.75) is 32.4 Å². The quantitative estimate of drug-likeness (QED) is 0.403. The lowest BCUT2D eigenvalue weighted by molar-refractivity contribution is -0.124. The normalized spacial score (nSPS) is 22.8. The Morgan fingerprint density at radius 2 is 2.19 bits per heavy atom. The maximum atomic E-state index is 11.5. The largest absolute Gasteiger partial charge is 0.369 e. The van der Waals surface area contributed by atoms with E-state index in [0.717, 1.165) is 18.5 Å². The van der Waals surface area contributed by atoms with E-state index in [-0.39, 0.29) is 17.5 Å². The molecule has 1 aliphatic rings. The lowest BCUT2D eigenvalue weighted by Gasteiger charge is -2.36. The third-order valence-corrected chi connectivity index (χ3v) is 3.95. The summed E-state index contributed by atoms with van der Waals surface area (Å²) in [6, 6.07) is 5.59. The number of likely N-dealkylation sites (tertiary alicyclic amines) is 1. The molecule has 0 radical (unpaired) electrons. The van der Waals surface area contributed by atoms with Crippen molar-refractivity contribution in [3.8, 4) is 0 Å². The summed E-state index contributed by atoms with van der Waals surface area (Å²) in [6.07, 6.45) is 1.76. The molecule has 0 aliphatic carbocycles. The molecule has 0 saturated carbocycles. The van der Waals surface area contributed by atoms with Crippen LogP contribution in [0.15, 0.2) is 18.2 Å². The fraction of sp³-hybridized carbons (Fsp3) is 0.500. The predicted octanol–water partition coefficient (Wildman–Crippen LogP) is -0.229. The molecular formula is C14H21N5O2. The number of carbonyl (C=O) groups excluding carboxylic acids is 2. The SMILES string of the molecule is CC1CCC(C(N)=O)CN1Cc1cccc(C(=O)NN)n1. The highest BCUT2D eigenvalue weighted by Crippen LogP contribution is 2.23. The van der Waals surface area contributed by atoms with E-state index in [1.165, 1.54) is 0 Å². The van der Waals surface area contributed by atoms with Gasteiger partial charge < -0.3 is 5.73 Å². The van der Waals surface area contributed by atoms with Gasteiger partial charge in [-0.3, -0.25) is 19.9 Å². The number of amides is 2. The number of carbonyl (C=O) groups is 2. The van der Waals surface area contributed by atoms with E-state index in [1.807, 2.05) is 6.07 Å². The average Bonchev–Trinajstić information content (AvgIpc) is 2.48. The van der Waals surface area contributed by atoms with E-state index in [9.17, 15) is 9.59 Å². The second kappa shape index (κ2) is 6.64. The summed E-state index contributed by atoms with van der Waals surface area (Å²) in [5, 5.41) is 0. The molecule has 5 N–H and O–H groups in total. The number of pyridine rings is 1. The fourth-order valence-electron chi connectivity index (χ4n) is 2.61. The number of hydrazine groups is 1. The van der Waals surface area contributed by atoms with Gasteiger partial charge in [-0.2, -0.15) is 0 Å². The zero-order chi connectivity index (χ0) is 15.4. The Kier molecular flexibility index (Phi) is 4.87. The molecule has 0 aromatic carbocycles. The van der Waals surface area contributed by atoms with Crippen LogP contribution in [0.1, 0.15) is 35.9 Å². The first-order valence-electron chi connectivity index (χ1n) is 7.01. The minimum Gasteiger partial charge on any atom is -0.369 e. The van der Waals surface area contributed by atoms with Gasteiger partial charge in [0, 0.05) is 19.1 Å². The van der Waals surface area contributed by atoms with Crippen LogP contribution in [0.4, 0.5) is 0 Å². The molecule has 1 saturated heterocycles. The van der Waals surface area contributed by atoms with Crippen molar-refractivity contribution in [3.05, 3.63) is 29.6 Å². The lowest BCUT2D eigenvalue weighted by atomic mass is 9.93. The Morgan fingerprint density at radius 1 is 1.43 bits per heavy atom. The summed E-state index contributed by atoms with van der Waals surface area (Å²) in [4.78, 5) is 29.3. The van der Waals surface area contributed by atoms with Crippen LogP contribution in [0.25, 0.3) is 0 Å². The Bertz CT molecular complexity index is 534. The molecule has 7 nitrogen and oxygen atoms in total. The highest BCUT2D eigenvalue weighted by Gasteiger charge is 2.28. The van der Waals surface area contributed by atoms with Gasteiger partial charge in [-0.25, -0.2) is 10.8 Å². The zero-order valence-electron chi connectivity index (χ0n) is 12.1. The number of nitrogen functional groups attached to an aromatic ring is 1. The van der Waals surface area contributed by atoms with Crippen molar-refractivity contribution in [2.75, 3.05) is 6.54 Å². The molecule has 2 rings (SSSR count). The molecule has 2 unspecified atom stereocenters. The second-order valence-electron chi connectivity index (χ2n) is 5.44. The van der Waals surface area contributed by atoms with Crippen LogP contribution in [0.2, 0.25) is 0 Å². The minimum atomic E-state index is -0.418. The molecule has 2 atom stereocenters. The molecule has 21 heavy (non-hydrogen) atoms. The lowest BCUT2D eigenvalue weighted by Crippen LogP contribution is -2.45. The summed E-state index contributed by atoms with van der Waals surface area (Å²) >= 11 is 0. The topological polar surface area (TPSA) is 114 Å². The Labute approximate surface area is 123 Å². The highest BCUT2D eigenvalue weighted by atomic mass is 16.2. The molecule has 1 aromatic heterocycles. The van der Waals surface area contributed by atoms with Gasteiger partial charge in [-0.1, -0.05) is 6.07 Å². The number of piperidine rings is 1. The molecule has 0 bridgehead atoms. The van der Waals surface area contributed by atoms with Gasteiger partial charge >= 0.3 is 0 Å². The number of aromatic nitrogens is 1. The van der Waals surface area contributed by atoms with Crippen molar-refractivity contribution in [1.29, 1.82) is 0 Å². The third kappa shape index (κ3) is 3.77. The Balaban J connectivity index is 2.09. The van der Waals surface area contributed by atoms with Crippen LogP contribution in [-0.4, -0.2) is 34.3 Å². The van der Waals surface area contributed by atoms with Crippen LogP contribution in [0, 0.1) is 5.92 Å². The van der Waals surface area contributed by atoms with E-state index in [4.69, 9.17) is 11.6 Å². The molecule has 7 heteroatoms. The van der Waals surface area contributed by atoms with Gasteiger partial charge in [0.2, 0.25) is 5.91 Å². The molecule has 1 fully saturated rings. The van der Waals surface area contributed by atoms with Crippen LogP contribution < -0.4 is 17.0 Å². The van der Waals surface area contributed by atoms with Crippen molar-refractivity contribution >= 4 is 11.8 Å².